The van der Waals surface area contributed by atoms with Gasteiger partial charge in [0.25, 0.3) is 0 Å². The van der Waals surface area contributed by atoms with Gasteiger partial charge in [0.05, 0.1) is 15.6 Å². The fourth-order valence-corrected chi connectivity index (χ4v) is 2.65. The van der Waals surface area contributed by atoms with Gasteiger partial charge < -0.3 is 18.7 Å². The highest BCUT2D eigenvalue weighted by atomic mass is 35.5. The molecule has 18 heavy (non-hydrogen) atoms. The van der Waals surface area contributed by atoms with Crippen molar-refractivity contribution >= 4 is 47.7 Å². The molecule has 1 rings (SSSR count). The molecule has 0 aliphatic carbocycles. The Kier molecular flexibility index (Phi) is 5.40. The maximum Gasteiger partial charge on any atom is 0.380 e. The molecule has 1 N–H and O–H groups in total. The zero-order chi connectivity index (χ0) is 13.9. The largest absolute Gasteiger partial charge is 0.478 e. The van der Waals surface area contributed by atoms with Gasteiger partial charge in [-0.3, -0.25) is 0 Å². The van der Waals surface area contributed by atoms with E-state index in [1.54, 1.807) is 0 Å². The number of carboxylic acid groups (broad SMARTS) is 1. The first-order chi connectivity index (χ1) is 8.33. The number of hydrogen-bond acceptors (Lipinski definition) is 5. The SMILES string of the molecule is COP(=S)(OC)Oc1c(Cl)cc(C(=O)O)cc1Cl. The molecule has 9 heteroatoms. The van der Waals surface area contributed by atoms with Crippen LogP contribution in [0.5, 0.6) is 5.75 Å². The van der Waals surface area contributed by atoms with Crippen molar-refractivity contribution < 1.29 is 23.5 Å². The highest BCUT2D eigenvalue weighted by Gasteiger charge is 2.23. The lowest BCUT2D eigenvalue weighted by Gasteiger charge is -2.19. The Morgan fingerprint density at radius 2 is 1.72 bits per heavy atom. The van der Waals surface area contributed by atoms with Crippen LogP contribution in [0.1, 0.15) is 10.4 Å². The molecule has 0 aliphatic rings. The molecule has 0 aromatic heterocycles. The van der Waals surface area contributed by atoms with Crippen LogP contribution >= 0.6 is 29.9 Å². The molecule has 0 heterocycles. The van der Waals surface area contributed by atoms with E-state index in [1.165, 1.54) is 26.4 Å². The standard InChI is InChI=1S/C9H9Cl2O5PS/c1-14-17(18,15-2)16-8-6(10)3-5(9(12)13)4-7(8)11/h3-4H,1-2H3,(H,12,13). The summed E-state index contributed by atoms with van der Waals surface area (Å²) < 4.78 is 15.2. The quantitative estimate of drug-likeness (QED) is 0.832. The number of hydrogen-bond donors (Lipinski definition) is 1. The van der Waals surface area contributed by atoms with Gasteiger partial charge >= 0.3 is 12.7 Å². The van der Waals surface area contributed by atoms with E-state index in [2.05, 4.69) is 0 Å². The van der Waals surface area contributed by atoms with Gasteiger partial charge in [0.15, 0.2) is 5.75 Å². The van der Waals surface area contributed by atoms with Crippen LogP contribution in [0.15, 0.2) is 12.1 Å². The minimum absolute atomic E-state index is 0.0169. The van der Waals surface area contributed by atoms with Gasteiger partial charge in [-0.25, -0.2) is 4.79 Å². The topological polar surface area (TPSA) is 65.0 Å². The van der Waals surface area contributed by atoms with E-state index in [1.807, 2.05) is 0 Å². The summed E-state index contributed by atoms with van der Waals surface area (Å²) in [5, 5.41) is 8.86. The summed E-state index contributed by atoms with van der Waals surface area (Å²) in [4.78, 5) is 10.8. The predicted molar refractivity (Wildman–Crippen MR) is 72.4 cm³/mol. The van der Waals surface area contributed by atoms with Gasteiger partial charge in [0, 0.05) is 26.0 Å². The summed E-state index contributed by atoms with van der Waals surface area (Å²) in [6.45, 7) is -2.98. The minimum Gasteiger partial charge on any atom is -0.478 e. The lowest BCUT2D eigenvalue weighted by molar-refractivity contribution is 0.0697. The lowest BCUT2D eigenvalue weighted by atomic mass is 10.2. The molecule has 100 valence electrons. The van der Waals surface area contributed by atoms with E-state index in [-0.39, 0.29) is 21.4 Å². The van der Waals surface area contributed by atoms with Crippen molar-refractivity contribution in [2.24, 2.45) is 0 Å². The maximum atomic E-state index is 10.8. The second kappa shape index (κ2) is 6.19. The summed E-state index contributed by atoms with van der Waals surface area (Å²) >= 11 is 16.8. The minimum atomic E-state index is -2.98. The van der Waals surface area contributed by atoms with E-state index in [0.717, 1.165) is 0 Å². The zero-order valence-corrected chi connectivity index (χ0v) is 12.6. The van der Waals surface area contributed by atoms with Crippen molar-refractivity contribution in [2.45, 2.75) is 0 Å². The van der Waals surface area contributed by atoms with Crippen LogP contribution in [-0.4, -0.2) is 25.3 Å². The third-order valence-electron chi connectivity index (χ3n) is 1.90. The maximum absolute atomic E-state index is 10.8. The molecule has 0 saturated carbocycles. The summed E-state index contributed by atoms with van der Waals surface area (Å²) in [7, 11) is 2.66. The highest BCUT2D eigenvalue weighted by molar-refractivity contribution is 8.07. The Morgan fingerprint density at radius 3 is 2.06 bits per heavy atom. The number of carbonyl (C=O) groups is 1. The first-order valence-corrected chi connectivity index (χ1v) is 7.77. The van der Waals surface area contributed by atoms with Gasteiger partial charge in [0.2, 0.25) is 0 Å². The number of aromatic carboxylic acids is 1. The third kappa shape index (κ3) is 3.57. The monoisotopic (exact) mass is 330 g/mol. The zero-order valence-electron chi connectivity index (χ0n) is 9.35. The molecule has 0 bridgehead atoms. The number of carboxylic acids is 1. The highest BCUT2D eigenvalue weighted by Crippen LogP contribution is 2.51. The van der Waals surface area contributed by atoms with E-state index in [4.69, 9.17) is 53.7 Å². The molecule has 0 amide bonds. The van der Waals surface area contributed by atoms with Crippen molar-refractivity contribution in [2.75, 3.05) is 14.2 Å². The summed E-state index contributed by atoms with van der Waals surface area (Å²) in [5.41, 5.74) is -0.0551. The van der Waals surface area contributed by atoms with Crippen LogP contribution in [0, 0.1) is 0 Å². The van der Waals surface area contributed by atoms with Crippen molar-refractivity contribution in [1.29, 1.82) is 0 Å². The molecule has 1 aromatic rings. The van der Waals surface area contributed by atoms with Gasteiger partial charge in [-0.05, 0) is 12.1 Å². The molecule has 0 fully saturated rings. The Balaban J connectivity index is 3.19. The molecule has 0 radical (unpaired) electrons. The molecule has 0 unspecified atom stereocenters. The molecule has 0 spiro atoms. The van der Waals surface area contributed by atoms with Crippen molar-refractivity contribution in [3.05, 3.63) is 27.7 Å². The van der Waals surface area contributed by atoms with E-state index >= 15 is 0 Å². The fraction of sp³-hybridized carbons (Fsp3) is 0.222. The molecular weight excluding hydrogens is 322 g/mol. The molecule has 0 atom stereocenters. The predicted octanol–water partition coefficient (Wildman–Crippen LogP) is 3.59. The van der Waals surface area contributed by atoms with Crippen molar-refractivity contribution in [1.82, 2.24) is 0 Å². The van der Waals surface area contributed by atoms with Crippen molar-refractivity contribution in [3.8, 4) is 5.75 Å². The van der Waals surface area contributed by atoms with E-state index in [0.29, 0.717) is 0 Å². The Morgan fingerprint density at radius 1 is 1.28 bits per heavy atom. The van der Waals surface area contributed by atoms with Crippen LogP contribution in [-0.2, 0) is 20.9 Å². The molecule has 0 saturated heterocycles. The van der Waals surface area contributed by atoms with E-state index in [9.17, 15) is 4.79 Å². The summed E-state index contributed by atoms with van der Waals surface area (Å²) in [6.07, 6.45) is 0. The van der Waals surface area contributed by atoms with Crippen LogP contribution in [0.3, 0.4) is 0 Å². The molecule has 1 aromatic carbocycles. The Bertz CT molecular complexity index is 491. The van der Waals surface area contributed by atoms with Crippen LogP contribution < -0.4 is 4.52 Å². The lowest BCUT2D eigenvalue weighted by Crippen LogP contribution is -2.00. The van der Waals surface area contributed by atoms with Crippen LogP contribution in [0.25, 0.3) is 0 Å². The van der Waals surface area contributed by atoms with E-state index < -0.39 is 12.7 Å². The molecular formula is C9H9Cl2O5PS. The number of rotatable bonds is 5. The Hall–Kier alpha value is -0.360. The number of halogens is 2. The normalized spacial score (nSPS) is 11.3. The van der Waals surface area contributed by atoms with Gasteiger partial charge in [-0.1, -0.05) is 23.2 Å². The van der Waals surface area contributed by atoms with Gasteiger partial charge in [-0.15, -0.1) is 0 Å². The van der Waals surface area contributed by atoms with Crippen LogP contribution in [0.4, 0.5) is 0 Å². The molecule has 5 nitrogen and oxygen atoms in total. The average Bonchev–Trinajstić information content (AvgIpc) is 2.33. The second-order valence-electron chi connectivity index (χ2n) is 2.98. The number of benzene rings is 1. The summed E-state index contributed by atoms with van der Waals surface area (Å²) in [6, 6.07) is 2.41. The second-order valence-corrected chi connectivity index (χ2v) is 6.94. The molecule has 0 aliphatic heterocycles. The smallest absolute Gasteiger partial charge is 0.380 e. The third-order valence-corrected chi connectivity index (χ3v) is 4.88. The van der Waals surface area contributed by atoms with Gasteiger partial charge in [-0.2, -0.15) is 0 Å². The van der Waals surface area contributed by atoms with Crippen LogP contribution in [0.2, 0.25) is 10.0 Å². The first-order valence-electron chi connectivity index (χ1n) is 4.46. The summed E-state index contributed by atoms with van der Waals surface area (Å²) in [5.74, 6) is -1.11. The first kappa shape index (κ1) is 15.7. The fourth-order valence-electron chi connectivity index (χ4n) is 1.03. The average molecular weight is 331 g/mol. The van der Waals surface area contributed by atoms with Gasteiger partial charge in [0.1, 0.15) is 0 Å². The van der Waals surface area contributed by atoms with Crippen molar-refractivity contribution in [3.63, 3.8) is 0 Å². The Labute approximate surface area is 119 Å².